The molecule has 0 aliphatic heterocycles. The summed E-state index contributed by atoms with van der Waals surface area (Å²) in [5.74, 6) is 0.963. The van der Waals surface area contributed by atoms with Gasteiger partial charge in [0, 0.05) is 12.7 Å². The molecular weight excluding hydrogens is 188 g/mol. The molecule has 0 aromatic carbocycles. The second-order valence-corrected chi connectivity index (χ2v) is 4.69. The Balaban J connectivity index is 2.31. The van der Waals surface area contributed by atoms with Crippen LogP contribution in [-0.2, 0) is 7.05 Å². The lowest BCUT2D eigenvalue weighted by molar-refractivity contribution is -0.00113. The Morgan fingerprint density at radius 3 is 2.53 bits per heavy atom. The first-order valence-electron chi connectivity index (χ1n) is 5.74. The molecule has 0 bridgehead atoms. The lowest BCUT2D eigenvalue weighted by atomic mass is 9.66. The molecule has 2 rings (SSSR count). The second kappa shape index (κ2) is 3.63. The topological polar surface area (TPSA) is 38.1 Å². The number of aryl methyl sites for hydroxylation is 2. The second-order valence-electron chi connectivity index (χ2n) is 4.69. The molecule has 84 valence electrons. The molecule has 1 N–H and O–H groups in total. The van der Waals surface area contributed by atoms with Crippen molar-refractivity contribution in [1.82, 2.24) is 9.78 Å². The van der Waals surface area contributed by atoms with Gasteiger partial charge in [-0.05, 0) is 37.7 Å². The van der Waals surface area contributed by atoms with E-state index in [4.69, 9.17) is 0 Å². The third kappa shape index (κ3) is 1.49. The van der Waals surface area contributed by atoms with E-state index in [2.05, 4.69) is 25.9 Å². The average Bonchev–Trinajstić information content (AvgIpc) is 2.39. The maximum Gasteiger partial charge on any atom is 0.0631 e. The number of rotatable bonds is 2. The van der Waals surface area contributed by atoms with Crippen molar-refractivity contribution in [1.29, 1.82) is 0 Å². The number of aliphatic hydroxyl groups is 1. The molecule has 1 fully saturated rings. The Morgan fingerprint density at radius 2 is 2.13 bits per heavy atom. The van der Waals surface area contributed by atoms with Crippen molar-refractivity contribution in [3.8, 4) is 0 Å². The fraction of sp³-hybridized carbons (Fsp3) is 0.750. The molecule has 15 heavy (non-hydrogen) atoms. The lowest BCUT2D eigenvalue weighted by Crippen LogP contribution is -2.39. The Morgan fingerprint density at radius 1 is 1.47 bits per heavy atom. The summed E-state index contributed by atoms with van der Waals surface area (Å²) in [4.78, 5) is 0. The van der Waals surface area contributed by atoms with Gasteiger partial charge >= 0.3 is 0 Å². The summed E-state index contributed by atoms with van der Waals surface area (Å²) in [6.07, 6.45) is 1.87. The van der Waals surface area contributed by atoms with Crippen molar-refractivity contribution in [3.63, 3.8) is 0 Å². The zero-order valence-electron chi connectivity index (χ0n) is 9.99. The van der Waals surface area contributed by atoms with Crippen LogP contribution < -0.4 is 0 Å². The molecule has 1 aliphatic carbocycles. The van der Waals surface area contributed by atoms with E-state index in [0.717, 1.165) is 18.5 Å². The zero-order chi connectivity index (χ0) is 11.2. The Labute approximate surface area is 91.1 Å². The summed E-state index contributed by atoms with van der Waals surface area (Å²) in [6.45, 7) is 6.34. The molecule has 3 unspecified atom stereocenters. The highest BCUT2D eigenvalue weighted by molar-refractivity contribution is 5.32. The molecule has 1 saturated carbocycles. The minimum absolute atomic E-state index is 0.0981. The first kappa shape index (κ1) is 10.7. The maximum atomic E-state index is 9.70. The molecule has 1 aliphatic rings. The maximum absolute atomic E-state index is 9.70. The number of aliphatic hydroxyl groups excluding tert-OH is 1. The summed E-state index contributed by atoms with van der Waals surface area (Å²) in [6, 6.07) is 0. The van der Waals surface area contributed by atoms with Gasteiger partial charge in [0.25, 0.3) is 0 Å². The van der Waals surface area contributed by atoms with Gasteiger partial charge in [0.1, 0.15) is 0 Å². The molecule has 3 heteroatoms. The molecule has 1 aromatic heterocycles. The molecular formula is C12H20N2O. The van der Waals surface area contributed by atoms with E-state index in [1.165, 1.54) is 11.3 Å². The van der Waals surface area contributed by atoms with Crippen LogP contribution in [0.1, 0.15) is 42.6 Å². The van der Waals surface area contributed by atoms with Crippen molar-refractivity contribution >= 4 is 0 Å². The number of aromatic nitrogens is 2. The summed E-state index contributed by atoms with van der Waals surface area (Å²) in [5, 5.41) is 14.1. The zero-order valence-corrected chi connectivity index (χ0v) is 9.99. The SMILES string of the molecule is CCC1C(O)CC1c1c(C)nn(C)c1C. The van der Waals surface area contributed by atoms with Gasteiger partial charge in [0.2, 0.25) is 0 Å². The number of nitrogens with zero attached hydrogens (tertiary/aromatic N) is 2. The summed E-state index contributed by atoms with van der Waals surface area (Å²) < 4.78 is 1.95. The lowest BCUT2D eigenvalue weighted by Gasteiger charge is -2.41. The molecule has 3 nitrogen and oxygen atoms in total. The average molecular weight is 208 g/mol. The molecule has 0 saturated heterocycles. The van der Waals surface area contributed by atoms with E-state index in [0.29, 0.717) is 11.8 Å². The molecule has 0 amide bonds. The van der Waals surface area contributed by atoms with E-state index < -0.39 is 0 Å². The molecule has 1 heterocycles. The van der Waals surface area contributed by atoms with Crippen molar-refractivity contribution in [2.75, 3.05) is 0 Å². The third-order valence-corrected chi connectivity index (χ3v) is 3.91. The van der Waals surface area contributed by atoms with Crippen LogP contribution in [0.25, 0.3) is 0 Å². The minimum atomic E-state index is -0.0981. The van der Waals surface area contributed by atoms with Crippen molar-refractivity contribution < 1.29 is 5.11 Å². The highest BCUT2D eigenvalue weighted by Crippen LogP contribution is 2.46. The highest BCUT2D eigenvalue weighted by Gasteiger charge is 2.41. The van der Waals surface area contributed by atoms with E-state index >= 15 is 0 Å². The van der Waals surface area contributed by atoms with Crippen LogP contribution >= 0.6 is 0 Å². The molecule has 1 aromatic rings. The van der Waals surface area contributed by atoms with Gasteiger partial charge in [-0.15, -0.1) is 0 Å². The summed E-state index contributed by atoms with van der Waals surface area (Å²) in [7, 11) is 1.99. The van der Waals surface area contributed by atoms with Crippen LogP contribution in [0.5, 0.6) is 0 Å². The predicted molar refractivity (Wildman–Crippen MR) is 59.8 cm³/mol. The predicted octanol–water partition coefficient (Wildman–Crippen LogP) is 1.91. The van der Waals surface area contributed by atoms with Crippen LogP contribution in [0.2, 0.25) is 0 Å². The van der Waals surface area contributed by atoms with Crippen LogP contribution in [-0.4, -0.2) is 21.0 Å². The first-order chi connectivity index (χ1) is 7.06. The van der Waals surface area contributed by atoms with Gasteiger partial charge in [0.15, 0.2) is 0 Å². The number of hydrogen-bond acceptors (Lipinski definition) is 2. The van der Waals surface area contributed by atoms with Gasteiger partial charge in [-0.25, -0.2) is 0 Å². The summed E-state index contributed by atoms with van der Waals surface area (Å²) >= 11 is 0. The quantitative estimate of drug-likeness (QED) is 0.806. The van der Waals surface area contributed by atoms with E-state index in [9.17, 15) is 5.11 Å². The Bertz CT molecular complexity index is 370. The van der Waals surface area contributed by atoms with E-state index in [1.807, 2.05) is 11.7 Å². The van der Waals surface area contributed by atoms with Gasteiger partial charge in [-0.1, -0.05) is 13.3 Å². The fourth-order valence-electron chi connectivity index (χ4n) is 2.90. The van der Waals surface area contributed by atoms with Crippen molar-refractivity contribution in [2.24, 2.45) is 13.0 Å². The first-order valence-corrected chi connectivity index (χ1v) is 5.74. The Kier molecular flexibility index (Phi) is 2.59. The van der Waals surface area contributed by atoms with E-state index in [-0.39, 0.29) is 6.10 Å². The standard InChI is InChI=1S/C12H20N2O/c1-5-9-10(6-11(9)15)12-7(2)13-14(4)8(12)3/h9-11,15H,5-6H2,1-4H3. The van der Waals surface area contributed by atoms with Crippen LogP contribution in [0.15, 0.2) is 0 Å². The van der Waals surface area contributed by atoms with Gasteiger partial charge in [-0.2, -0.15) is 5.10 Å². The van der Waals surface area contributed by atoms with Crippen LogP contribution in [0.4, 0.5) is 0 Å². The monoisotopic (exact) mass is 208 g/mol. The highest BCUT2D eigenvalue weighted by atomic mass is 16.3. The normalized spacial score (nSPS) is 30.3. The largest absolute Gasteiger partial charge is 0.393 e. The minimum Gasteiger partial charge on any atom is -0.393 e. The molecule has 0 spiro atoms. The van der Waals surface area contributed by atoms with Crippen molar-refractivity contribution in [2.45, 2.75) is 45.6 Å². The van der Waals surface area contributed by atoms with Gasteiger partial charge in [-0.3, -0.25) is 4.68 Å². The van der Waals surface area contributed by atoms with Gasteiger partial charge in [0.05, 0.1) is 11.8 Å². The smallest absolute Gasteiger partial charge is 0.0631 e. The van der Waals surface area contributed by atoms with Crippen molar-refractivity contribution in [3.05, 3.63) is 17.0 Å². The Hall–Kier alpha value is -0.830. The third-order valence-electron chi connectivity index (χ3n) is 3.91. The van der Waals surface area contributed by atoms with Gasteiger partial charge < -0.3 is 5.11 Å². The number of hydrogen-bond donors (Lipinski definition) is 1. The molecule has 3 atom stereocenters. The fourth-order valence-corrected chi connectivity index (χ4v) is 2.90. The summed E-state index contributed by atoms with van der Waals surface area (Å²) in [5.41, 5.74) is 3.75. The molecule has 0 radical (unpaired) electrons. The van der Waals surface area contributed by atoms with Crippen LogP contribution in [0, 0.1) is 19.8 Å². The van der Waals surface area contributed by atoms with E-state index in [1.54, 1.807) is 0 Å². The van der Waals surface area contributed by atoms with Crippen LogP contribution in [0.3, 0.4) is 0 Å².